The molecule has 2 bridgehead atoms. The second-order valence-electron chi connectivity index (χ2n) is 11.0. The van der Waals surface area contributed by atoms with Gasteiger partial charge in [-0.15, -0.1) is 0 Å². The fourth-order valence-corrected chi connectivity index (χ4v) is 6.12. The van der Waals surface area contributed by atoms with E-state index in [1.807, 2.05) is 25.7 Å². The standard InChI is InChI=1S/C31H29ClFN7O3/c1-5-24(42)38-11-12-39(17(4)15-38)29-19-14-20(32)27-25-21(33)7-6-8-22(25)35-23(41)13-18-9-10-34-26(16(2)3)28(18)40(30(19)36-27)31(43)37-29/h5-10,14,16-17H,1,11-13,15H2,2-4H3,(H,35,41)/t17-/m1/s1. The molecule has 1 atom stereocenters. The third kappa shape index (κ3) is 4.83. The molecule has 0 aliphatic carbocycles. The first kappa shape index (κ1) is 28.5. The highest BCUT2D eigenvalue weighted by Crippen LogP contribution is 2.39. The summed E-state index contributed by atoms with van der Waals surface area (Å²) < 4.78 is 16.8. The molecular weight excluding hydrogens is 573 g/mol. The lowest BCUT2D eigenvalue weighted by atomic mass is 10.0. The highest BCUT2D eigenvalue weighted by Gasteiger charge is 2.31. The zero-order valence-electron chi connectivity index (χ0n) is 23.9. The molecule has 10 nitrogen and oxygen atoms in total. The number of nitrogens with one attached hydrogen (secondary N) is 1. The first-order valence-corrected chi connectivity index (χ1v) is 14.3. The van der Waals surface area contributed by atoms with E-state index in [-0.39, 0.29) is 51.9 Å². The minimum Gasteiger partial charge on any atom is -0.350 e. The lowest BCUT2D eigenvalue weighted by Crippen LogP contribution is -2.54. The van der Waals surface area contributed by atoms with Crippen molar-refractivity contribution >= 4 is 46.0 Å². The summed E-state index contributed by atoms with van der Waals surface area (Å²) in [6.07, 6.45) is 2.78. The summed E-state index contributed by atoms with van der Waals surface area (Å²) in [5.74, 6) is -0.984. The molecule has 220 valence electrons. The molecule has 3 aromatic heterocycles. The second-order valence-corrected chi connectivity index (χ2v) is 11.4. The predicted octanol–water partition coefficient (Wildman–Crippen LogP) is 4.48. The molecule has 0 saturated carbocycles. The third-order valence-corrected chi connectivity index (χ3v) is 8.16. The van der Waals surface area contributed by atoms with Crippen LogP contribution in [0.3, 0.4) is 0 Å². The normalized spacial score (nSPS) is 16.5. The van der Waals surface area contributed by atoms with Gasteiger partial charge < -0.3 is 15.1 Å². The maximum absolute atomic E-state index is 15.5. The number of pyridine rings is 2. The molecule has 0 radical (unpaired) electrons. The largest absolute Gasteiger partial charge is 0.355 e. The van der Waals surface area contributed by atoms with Gasteiger partial charge in [-0.25, -0.2) is 18.7 Å². The maximum atomic E-state index is 15.5. The van der Waals surface area contributed by atoms with E-state index in [1.54, 1.807) is 29.3 Å². The molecule has 1 saturated heterocycles. The number of piperazine rings is 1. The fourth-order valence-electron chi connectivity index (χ4n) is 5.87. The summed E-state index contributed by atoms with van der Waals surface area (Å²) in [5, 5.41) is 3.38. The SMILES string of the molecule is C=CC(=O)N1CCN(c2nc(=O)n3c4nc(c(Cl)cc24)-c2c(F)cccc2NC(=O)Cc2ccnc(C(C)C)c2-3)[C@H](C)C1. The van der Waals surface area contributed by atoms with Crippen LogP contribution in [0.5, 0.6) is 0 Å². The number of benzene rings is 1. The molecule has 2 amide bonds. The molecule has 4 aromatic rings. The van der Waals surface area contributed by atoms with E-state index in [9.17, 15) is 14.4 Å². The minimum absolute atomic E-state index is 0.0122. The maximum Gasteiger partial charge on any atom is 0.355 e. The smallest absolute Gasteiger partial charge is 0.350 e. The number of carbonyl (C=O) groups excluding carboxylic acids is 2. The number of halogens is 2. The Morgan fingerprint density at radius 3 is 2.72 bits per heavy atom. The van der Waals surface area contributed by atoms with E-state index < -0.39 is 17.4 Å². The molecule has 2 aliphatic heterocycles. The summed E-state index contributed by atoms with van der Waals surface area (Å²) in [7, 11) is 0. The number of aromatic nitrogens is 4. The van der Waals surface area contributed by atoms with Crippen LogP contribution in [0, 0.1) is 5.82 Å². The molecule has 1 N–H and O–H groups in total. The molecule has 1 fully saturated rings. The first-order chi connectivity index (χ1) is 20.6. The van der Waals surface area contributed by atoms with Crippen LogP contribution in [-0.4, -0.2) is 61.9 Å². The van der Waals surface area contributed by atoms with Crippen molar-refractivity contribution in [3.05, 3.63) is 81.8 Å². The highest BCUT2D eigenvalue weighted by atomic mass is 35.5. The van der Waals surface area contributed by atoms with Crippen molar-refractivity contribution in [1.29, 1.82) is 0 Å². The van der Waals surface area contributed by atoms with Gasteiger partial charge in [0.15, 0.2) is 5.65 Å². The van der Waals surface area contributed by atoms with E-state index in [2.05, 4.69) is 21.9 Å². The quantitative estimate of drug-likeness (QED) is 0.345. The Hall–Kier alpha value is -4.64. The topological polar surface area (TPSA) is 113 Å². The molecule has 0 unspecified atom stereocenters. The average molecular weight is 602 g/mol. The van der Waals surface area contributed by atoms with Crippen LogP contribution in [0.25, 0.3) is 28.0 Å². The Bertz CT molecular complexity index is 1890. The minimum atomic E-state index is -0.635. The highest BCUT2D eigenvalue weighted by molar-refractivity contribution is 6.34. The summed E-state index contributed by atoms with van der Waals surface area (Å²) in [5.41, 5.74) is 1.38. The zero-order chi connectivity index (χ0) is 30.6. The molecule has 2 aliphatic rings. The summed E-state index contributed by atoms with van der Waals surface area (Å²) in [6, 6.07) is 7.45. The van der Waals surface area contributed by atoms with Gasteiger partial charge in [-0.3, -0.25) is 14.6 Å². The number of fused-ring (bicyclic) bond motifs is 5. The van der Waals surface area contributed by atoms with Crippen molar-refractivity contribution < 1.29 is 14.0 Å². The van der Waals surface area contributed by atoms with Crippen molar-refractivity contribution in [2.75, 3.05) is 29.9 Å². The van der Waals surface area contributed by atoms with Crippen LogP contribution in [0.15, 0.2) is 54.0 Å². The number of rotatable bonds is 3. The van der Waals surface area contributed by atoms with E-state index in [4.69, 9.17) is 16.6 Å². The third-order valence-electron chi connectivity index (χ3n) is 7.87. The van der Waals surface area contributed by atoms with Crippen LogP contribution in [-0.2, 0) is 16.0 Å². The Morgan fingerprint density at radius 2 is 2.00 bits per heavy atom. The molecule has 1 aromatic carbocycles. The van der Waals surface area contributed by atoms with E-state index >= 15 is 4.39 Å². The van der Waals surface area contributed by atoms with Gasteiger partial charge in [0.25, 0.3) is 0 Å². The van der Waals surface area contributed by atoms with E-state index in [0.29, 0.717) is 47.8 Å². The Morgan fingerprint density at radius 1 is 1.21 bits per heavy atom. The van der Waals surface area contributed by atoms with Crippen molar-refractivity contribution in [3.63, 3.8) is 0 Å². The van der Waals surface area contributed by atoms with Gasteiger partial charge >= 0.3 is 5.69 Å². The zero-order valence-corrected chi connectivity index (χ0v) is 24.7. The van der Waals surface area contributed by atoms with E-state index in [1.165, 1.54) is 22.8 Å². The molecule has 0 spiro atoms. The second kappa shape index (κ2) is 10.9. The number of hydrogen-bond acceptors (Lipinski definition) is 7. The monoisotopic (exact) mass is 601 g/mol. The Kier molecular flexibility index (Phi) is 7.21. The van der Waals surface area contributed by atoms with Crippen molar-refractivity contribution in [2.24, 2.45) is 0 Å². The number of nitrogens with zero attached hydrogens (tertiary/aromatic N) is 6. The molecule has 6 rings (SSSR count). The molecule has 43 heavy (non-hydrogen) atoms. The van der Waals surface area contributed by atoms with Gasteiger partial charge in [-0.1, -0.05) is 38.1 Å². The lowest BCUT2D eigenvalue weighted by Gasteiger charge is -2.40. The van der Waals surface area contributed by atoms with Crippen molar-refractivity contribution in [2.45, 2.75) is 39.2 Å². The first-order valence-electron chi connectivity index (χ1n) is 14.0. The lowest BCUT2D eigenvalue weighted by molar-refractivity contribution is -0.126. The molecule has 5 heterocycles. The summed E-state index contributed by atoms with van der Waals surface area (Å²) in [4.78, 5) is 57.4. The van der Waals surface area contributed by atoms with Gasteiger partial charge in [-0.05, 0) is 48.7 Å². The summed E-state index contributed by atoms with van der Waals surface area (Å²) >= 11 is 6.83. The van der Waals surface area contributed by atoms with Crippen LogP contribution >= 0.6 is 11.6 Å². The van der Waals surface area contributed by atoms with Gasteiger partial charge in [0.1, 0.15) is 11.6 Å². The van der Waals surface area contributed by atoms with Crippen LogP contribution in [0.2, 0.25) is 5.02 Å². The van der Waals surface area contributed by atoms with Gasteiger partial charge in [-0.2, -0.15) is 4.98 Å². The Labute approximate surface area is 251 Å². The van der Waals surface area contributed by atoms with Gasteiger partial charge in [0.2, 0.25) is 11.8 Å². The molecule has 12 heteroatoms. The van der Waals surface area contributed by atoms with Crippen LogP contribution in [0.4, 0.5) is 15.9 Å². The van der Waals surface area contributed by atoms with Gasteiger partial charge in [0.05, 0.1) is 45.2 Å². The number of amides is 2. The average Bonchev–Trinajstić information content (AvgIpc) is 2.98. The van der Waals surface area contributed by atoms with E-state index in [0.717, 1.165) is 0 Å². The fraction of sp³-hybridized carbons (Fsp3) is 0.290. The number of anilines is 2. The van der Waals surface area contributed by atoms with Crippen molar-refractivity contribution in [1.82, 2.24) is 24.4 Å². The van der Waals surface area contributed by atoms with Gasteiger partial charge in [0, 0.05) is 31.9 Å². The Balaban J connectivity index is 1.70. The van der Waals surface area contributed by atoms with Crippen LogP contribution in [0.1, 0.15) is 37.9 Å². The van der Waals surface area contributed by atoms with Crippen molar-refractivity contribution in [3.8, 4) is 16.9 Å². The predicted molar refractivity (Wildman–Crippen MR) is 163 cm³/mol. The number of carbonyl (C=O) groups is 2. The number of hydrogen-bond donors (Lipinski definition) is 1. The van der Waals surface area contributed by atoms with Crippen LogP contribution < -0.4 is 15.9 Å². The summed E-state index contributed by atoms with van der Waals surface area (Å²) in [6.45, 7) is 10.6. The molecular formula is C31H29ClFN7O3.